The van der Waals surface area contributed by atoms with Crippen LogP contribution in [-0.2, 0) is 18.3 Å². The van der Waals surface area contributed by atoms with E-state index in [0.29, 0.717) is 18.0 Å². The van der Waals surface area contributed by atoms with Gasteiger partial charge in [-0.2, -0.15) is 0 Å². The molecule has 0 aliphatic carbocycles. The van der Waals surface area contributed by atoms with Crippen molar-refractivity contribution in [3.05, 3.63) is 50.9 Å². The molecule has 0 radical (unpaired) electrons. The Labute approximate surface area is 148 Å². The molecule has 0 saturated heterocycles. The molecule has 3 aromatic heterocycles. The molecule has 0 spiro atoms. The van der Waals surface area contributed by atoms with Crippen molar-refractivity contribution >= 4 is 17.0 Å². The van der Waals surface area contributed by atoms with E-state index in [9.17, 15) is 14.4 Å². The van der Waals surface area contributed by atoms with E-state index in [-0.39, 0.29) is 22.5 Å². The third-order valence-corrected chi connectivity index (χ3v) is 4.02. The molecular weight excluding hydrogens is 338 g/mol. The number of furan rings is 1. The van der Waals surface area contributed by atoms with Gasteiger partial charge in [0.25, 0.3) is 5.56 Å². The molecule has 26 heavy (non-hydrogen) atoms. The van der Waals surface area contributed by atoms with Crippen LogP contribution in [0.15, 0.2) is 38.5 Å². The topological polar surface area (TPSA) is 96.3 Å². The first-order valence-corrected chi connectivity index (χ1v) is 8.12. The van der Waals surface area contributed by atoms with Crippen LogP contribution in [0.4, 0.5) is 0 Å². The first kappa shape index (κ1) is 17.7. The number of hydrogen-bond donors (Lipinski definition) is 0. The van der Waals surface area contributed by atoms with Crippen molar-refractivity contribution in [1.29, 1.82) is 0 Å². The fourth-order valence-electron chi connectivity index (χ4n) is 2.82. The molecule has 0 aliphatic rings. The first-order valence-electron chi connectivity index (χ1n) is 8.12. The standard InChI is InChI=1S/C18H19N3O5/c1-10(2)9-21-15-14(16(22)20(3)18(21)24)11(17(23)25-4)8-12(19-15)13-6-5-7-26-13/h5-8,10H,9H2,1-4H3. The minimum Gasteiger partial charge on any atom is -0.465 e. The molecule has 0 aromatic carbocycles. The number of fused-ring (bicyclic) bond motifs is 1. The van der Waals surface area contributed by atoms with Gasteiger partial charge in [0, 0.05) is 13.6 Å². The second-order valence-electron chi connectivity index (χ2n) is 6.37. The number of carbonyl (C=O) groups is 1. The van der Waals surface area contributed by atoms with Crippen LogP contribution in [0.1, 0.15) is 24.2 Å². The van der Waals surface area contributed by atoms with Gasteiger partial charge in [-0.05, 0) is 24.1 Å². The van der Waals surface area contributed by atoms with Gasteiger partial charge in [0.15, 0.2) is 11.4 Å². The average molecular weight is 357 g/mol. The predicted octanol–water partition coefficient (Wildman–Crippen LogP) is 1.80. The summed E-state index contributed by atoms with van der Waals surface area (Å²) >= 11 is 0. The Morgan fingerprint density at radius 1 is 1.35 bits per heavy atom. The maximum atomic E-state index is 12.7. The van der Waals surface area contributed by atoms with E-state index in [1.165, 1.54) is 31.1 Å². The quantitative estimate of drug-likeness (QED) is 0.661. The van der Waals surface area contributed by atoms with Gasteiger partial charge in [-0.25, -0.2) is 14.6 Å². The second kappa shape index (κ2) is 6.62. The summed E-state index contributed by atoms with van der Waals surface area (Å²) in [6, 6.07) is 4.81. The summed E-state index contributed by atoms with van der Waals surface area (Å²) in [5.41, 5.74) is -0.559. The highest BCUT2D eigenvalue weighted by Crippen LogP contribution is 2.24. The summed E-state index contributed by atoms with van der Waals surface area (Å²) in [6.45, 7) is 4.24. The molecule has 3 heterocycles. The normalized spacial score (nSPS) is 11.3. The first-order chi connectivity index (χ1) is 12.3. The van der Waals surface area contributed by atoms with Crippen LogP contribution < -0.4 is 11.2 Å². The Bertz CT molecular complexity index is 1090. The zero-order valence-corrected chi connectivity index (χ0v) is 15.0. The largest absolute Gasteiger partial charge is 0.465 e. The Hall–Kier alpha value is -3.16. The van der Waals surface area contributed by atoms with Crippen LogP contribution in [0.3, 0.4) is 0 Å². The monoisotopic (exact) mass is 357 g/mol. The van der Waals surface area contributed by atoms with E-state index in [1.54, 1.807) is 12.1 Å². The van der Waals surface area contributed by atoms with Crippen LogP contribution in [0.25, 0.3) is 22.5 Å². The van der Waals surface area contributed by atoms with Crippen LogP contribution in [0, 0.1) is 5.92 Å². The van der Waals surface area contributed by atoms with Crippen molar-refractivity contribution in [2.24, 2.45) is 13.0 Å². The summed E-state index contributed by atoms with van der Waals surface area (Å²) in [7, 11) is 2.61. The highest BCUT2D eigenvalue weighted by molar-refractivity contribution is 6.03. The molecule has 3 aromatic rings. The van der Waals surface area contributed by atoms with E-state index >= 15 is 0 Å². The lowest BCUT2D eigenvalue weighted by Crippen LogP contribution is -2.40. The van der Waals surface area contributed by atoms with Crippen molar-refractivity contribution < 1.29 is 13.9 Å². The summed E-state index contributed by atoms with van der Waals surface area (Å²) in [6.07, 6.45) is 1.48. The second-order valence-corrected chi connectivity index (χ2v) is 6.37. The highest BCUT2D eigenvalue weighted by Gasteiger charge is 2.22. The maximum absolute atomic E-state index is 12.7. The highest BCUT2D eigenvalue weighted by atomic mass is 16.5. The molecule has 0 amide bonds. The van der Waals surface area contributed by atoms with E-state index < -0.39 is 17.2 Å². The zero-order chi connectivity index (χ0) is 19.0. The van der Waals surface area contributed by atoms with Crippen LogP contribution in [0.5, 0.6) is 0 Å². The summed E-state index contributed by atoms with van der Waals surface area (Å²) in [5.74, 6) is -0.137. The molecule has 0 unspecified atom stereocenters. The summed E-state index contributed by atoms with van der Waals surface area (Å²) in [5, 5.41) is 0.0508. The van der Waals surface area contributed by atoms with Gasteiger partial charge >= 0.3 is 11.7 Å². The molecule has 3 rings (SSSR count). The smallest absolute Gasteiger partial charge is 0.338 e. The molecule has 0 fully saturated rings. The summed E-state index contributed by atoms with van der Waals surface area (Å²) in [4.78, 5) is 42.1. The van der Waals surface area contributed by atoms with E-state index in [1.807, 2.05) is 13.8 Å². The predicted molar refractivity (Wildman–Crippen MR) is 95.1 cm³/mol. The van der Waals surface area contributed by atoms with Gasteiger partial charge in [-0.1, -0.05) is 13.8 Å². The molecule has 0 saturated carbocycles. The van der Waals surface area contributed by atoms with Gasteiger partial charge < -0.3 is 9.15 Å². The SMILES string of the molecule is COC(=O)c1cc(-c2ccco2)nc2c1c(=O)n(C)c(=O)n2CC(C)C. The number of ether oxygens (including phenoxy) is 1. The molecule has 8 heteroatoms. The lowest BCUT2D eigenvalue weighted by molar-refractivity contribution is 0.0603. The Morgan fingerprint density at radius 3 is 2.65 bits per heavy atom. The lowest BCUT2D eigenvalue weighted by Gasteiger charge is -2.15. The van der Waals surface area contributed by atoms with Crippen LogP contribution >= 0.6 is 0 Å². The Balaban J connectivity index is 2.51. The number of carbonyl (C=O) groups excluding carboxylic acids is 1. The molecule has 8 nitrogen and oxygen atoms in total. The third-order valence-electron chi connectivity index (χ3n) is 4.02. The fourth-order valence-corrected chi connectivity index (χ4v) is 2.82. The number of nitrogens with zero attached hydrogens (tertiary/aromatic N) is 3. The van der Waals surface area contributed by atoms with Crippen molar-refractivity contribution in [1.82, 2.24) is 14.1 Å². The molecule has 0 aliphatic heterocycles. The average Bonchev–Trinajstić information content (AvgIpc) is 3.16. The number of aromatic nitrogens is 3. The van der Waals surface area contributed by atoms with Crippen molar-refractivity contribution in [2.75, 3.05) is 7.11 Å². The molecule has 0 N–H and O–H groups in total. The minimum absolute atomic E-state index is 0.0435. The lowest BCUT2D eigenvalue weighted by atomic mass is 10.1. The number of hydrogen-bond acceptors (Lipinski definition) is 6. The minimum atomic E-state index is -0.683. The molecule has 0 atom stereocenters. The fraction of sp³-hybridized carbons (Fsp3) is 0.333. The van der Waals surface area contributed by atoms with Crippen LogP contribution in [-0.4, -0.2) is 27.2 Å². The van der Waals surface area contributed by atoms with Crippen LogP contribution in [0.2, 0.25) is 0 Å². The molecule has 136 valence electrons. The zero-order valence-electron chi connectivity index (χ0n) is 15.0. The third kappa shape index (κ3) is 2.83. The number of esters is 1. The Kier molecular flexibility index (Phi) is 4.50. The van der Waals surface area contributed by atoms with Gasteiger partial charge in [-0.3, -0.25) is 13.9 Å². The molecule has 0 bridgehead atoms. The van der Waals surface area contributed by atoms with Crippen molar-refractivity contribution in [3.8, 4) is 11.5 Å². The number of rotatable bonds is 4. The van der Waals surface area contributed by atoms with Gasteiger partial charge in [0.05, 0.1) is 24.3 Å². The summed E-state index contributed by atoms with van der Waals surface area (Å²) < 4.78 is 12.6. The molecular formula is C18H19N3O5. The number of methoxy groups -OCH3 is 1. The van der Waals surface area contributed by atoms with Gasteiger partial charge in [-0.15, -0.1) is 0 Å². The van der Waals surface area contributed by atoms with E-state index in [2.05, 4.69) is 4.98 Å². The maximum Gasteiger partial charge on any atom is 0.338 e. The van der Waals surface area contributed by atoms with Crippen molar-refractivity contribution in [3.63, 3.8) is 0 Å². The van der Waals surface area contributed by atoms with E-state index in [0.717, 1.165) is 4.57 Å². The van der Waals surface area contributed by atoms with E-state index in [4.69, 9.17) is 9.15 Å². The number of pyridine rings is 1. The van der Waals surface area contributed by atoms with Gasteiger partial charge in [0.2, 0.25) is 0 Å². The Morgan fingerprint density at radius 2 is 2.08 bits per heavy atom. The van der Waals surface area contributed by atoms with Crippen molar-refractivity contribution in [2.45, 2.75) is 20.4 Å². The van der Waals surface area contributed by atoms with Gasteiger partial charge in [0.1, 0.15) is 5.69 Å².